The standard InChI is InChI=1S/C19H26ClFN2O4/c1-18(2,3)27-17(25)23-19(7-4-8-19)9-10-22-16(24)12-26-13-5-6-14(20)15(21)11-13/h5-6,11H,4,7-10,12H2,1-3H3,(H,22,24)(H,23,25). The molecule has 2 N–H and O–H groups in total. The van der Waals surface area contributed by atoms with Crippen LogP contribution in [0.2, 0.25) is 5.02 Å². The molecule has 6 nitrogen and oxygen atoms in total. The van der Waals surface area contributed by atoms with E-state index < -0.39 is 17.5 Å². The lowest BCUT2D eigenvalue weighted by Gasteiger charge is -2.42. The molecule has 0 heterocycles. The smallest absolute Gasteiger partial charge is 0.408 e. The molecule has 0 atom stereocenters. The summed E-state index contributed by atoms with van der Waals surface area (Å²) in [4.78, 5) is 23.9. The van der Waals surface area contributed by atoms with Gasteiger partial charge in [-0.2, -0.15) is 0 Å². The summed E-state index contributed by atoms with van der Waals surface area (Å²) in [6.45, 7) is 5.60. The first-order valence-corrected chi connectivity index (χ1v) is 9.32. The zero-order chi connectivity index (χ0) is 20.1. The number of carbonyl (C=O) groups excluding carboxylic acids is 2. The van der Waals surface area contributed by atoms with Gasteiger partial charge < -0.3 is 20.1 Å². The lowest BCUT2D eigenvalue weighted by atomic mass is 9.74. The van der Waals surface area contributed by atoms with Gasteiger partial charge in [0.25, 0.3) is 5.91 Å². The molecule has 1 aliphatic carbocycles. The molecule has 0 saturated heterocycles. The molecule has 0 aliphatic heterocycles. The Kier molecular flexibility index (Phi) is 6.92. The molecule has 0 radical (unpaired) electrons. The van der Waals surface area contributed by atoms with Crippen molar-refractivity contribution >= 4 is 23.6 Å². The minimum absolute atomic E-state index is 0.00455. The van der Waals surface area contributed by atoms with Crippen molar-refractivity contribution in [3.63, 3.8) is 0 Å². The van der Waals surface area contributed by atoms with Crippen LogP contribution >= 0.6 is 11.6 Å². The summed E-state index contributed by atoms with van der Waals surface area (Å²) in [5.41, 5.74) is -0.891. The number of hydrogen-bond donors (Lipinski definition) is 2. The highest BCUT2D eigenvalue weighted by atomic mass is 35.5. The summed E-state index contributed by atoms with van der Waals surface area (Å²) < 4.78 is 23.9. The van der Waals surface area contributed by atoms with Gasteiger partial charge in [0, 0.05) is 18.2 Å². The van der Waals surface area contributed by atoms with Crippen LogP contribution in [0.4, 0.5) is 9.18 Å². The first-order valence-electron chi connectivity index (χ1n) is 8.94. The SMILES string of the molecule is CC(C)(C)OC(=O)NC1(CCNC(=O)COc2ccc(Cl)c(F)c2)CCC1. The molecule has 150 valence electrons. The lowest BCUT2D eigenvalue weighted by Crippen LogP contribution is -2.56. The molecule has 1 aromatic rings. The second kappa shape index (κ2) is 8.78. The van der Waals surface area contributed by atoms with Crippen LogP contribution in [-0.2, 0) is 9.53 Å². The molecule has 1 saturated carbocycles. The van der Waals surface area contributed by atoms with Crippen LogP contribution in [0.15, 0.2) is 18.2 Å². The molecule has 1 fully saturated rings. The molecule has 8 heteroatoms. The first-order chi connectivity index (χ1) is 12.6. The summed E-state index contributed by atoms with van der Waals surface area (Å²) in [5.74, 6) is -0.694. The van der Waals surface area contributed by atoms with Crippen LogP contribution in [0.5, 0.6) is 5.75 Å². The Bertz CT molecular complexity index is 687. The van der Waals surface area contributed by atoms with Crippen LogP contribution in [0.25, 0.3) is 0 Å². The van der Waals surface area contributed by atoms with Crippen LogP contribution in [0.3, 0.4) is 0 Å². The molecule has 0 unspecified atom stereocenters. The van der Waals surface area contributed by atoms with E-state index >= 15 is 0 Å². The molecule has 0 bridgehead atoms. The van der Waals surface area contributed by atoms with Crippen LogP contribution < -0.4 is 15.4 Å². The number of nitrogens with one attached hydrogen (secondary N) is 2. The zero-order valence-electron chi connectivity index (χ0n) is 15.9. The maximum Gasteiger partial charge on any atom is 0.408 e. The summed E-state index contributed by atoms with van der Waals surface area (Å²) in [7, 11) is 0. The van der Waals surface area contributed by atoms with Gasteiger partial charge in [-0.05, 0) is 58.6 Å². The Labute approximate surface area is 163 Å². The first kappa shape index (κ1) is 21.3. The number of benzene rings is 1. The van der Waals surface area contributed by atoms with Crippen molar-refractivity contribution in [2.75, 3.05) is 13.2 Å². The van der Waals surface area contributed by atoms with Gasteiger partial charge >= 0.3 is 6.09 Å². The normalized spacial score (nSPS) is 15.4. The monoisotopic (exact) mass is 400 g/mol. The van der Waals surface area contributed by atoms with E-state index in [4.69, 9.17) is 21.1 Å². The van der Waals surface area contributed by atoms with Gasteiger partial charge in [-0.1, -0.05) is 11.6 Å². The van der Waals surface area contributed by atoms with E-state index in [0.29, 0.717) is 13.0 Å². The molecule has 0 aromatic heterocycles. The van der Waals surface area contributed by atoms with Crippen molar-refractivity contribution in [3.05, 3.63) is 29.0 Å². The third-order valence-corrected chi connectivity index (χ3v) is 4.57. The minimum atomic E-state index is -0.602. The molecule has 27 heavy (non-hydrogen) atoms. The number of amides is 2. The third-order valence-electron chi connectivity index (χ3n) is 4.26. The second-order valence-corrected chi connectivity index (χ2v) is 8.13. The maximum absolute atomic E-state index is 13.3. The van der Waals surface area contributed by atoms with Gasteiger partial charge in [0.05, 0.1) is 5.02 Å². The largest absolute Gasteiger partial charge is 0.484 e. The fraction of sp³-hybridized carbons (Fsp3) is 0.579. The highest BCUT2D eigenvalue weighted by molar-refractivity contribution is 6.30. The molecule has 0 spiro atoms. The van der Waals surface area contributed by atoms with Gasteiger partial charge in [-0.3, -0.25) is 4.79 Å². The average molecular weight is 401 g/mol. The summed E-state index contributed by atoms with van der Waals surface area (Å²) in [5, 5.41) is 5.68. The molecule has 1 aliphatic rings. The van der Waals surface area contributed by atoms with E-state index in [1.54, 1.807) is 0 Å². The van der Waals surface area contributed by atoms with Crippen molar-refractivity contribution in [2.24, 2.45) is 0 Å². The Morgan fingerprint density at radius 3 is 2.56 bits per heavy atom. The highest BCUT2D eigenvalue weighted by Gasteiger charge is 2.39. The van der Waals surface area contributed by atoms with E-state index in [9.17, 15) is 14.0 Å². The second-order valence-electron chi connectivity index (χ2n) is 7.73. The fourth-order valence-electron chi connectivity index (χ4n) is 2.77. The number of rotatable bonds is 7. The number of hydrogen-bond acceptors (Lipinski definition) is 4. The third kappa shape index (κ3) is 6.90. The van der Waals surface area contributed by atoms with Crippen LogP contribution in [0, 0.1) is 5.82 Å². The number of alkyl carbamates (subject to hydrolysis) is 1. The van der Waals surface area contributed by atoms with Crippen LogP contribution in [0.1, 0.15) is 46.5 Å². The highest BCUT2D eigenvalue weighted by Crippen LogP contribution is 2.35. The Morgan fingerprint density at radius 1 is 1.30 bits per heavy atom. The van der Waals surface area contributed by atoms with Gasteiger partial charge in [0.1, 0.15) is 17.2 Å². The van der Waals surface area contributed by atoms with E-state index in [1.165, 1.54) is 12.1 Å². The molecular formula is C19H26ClFN2O4. The Balaban J connectivity index is 1.72. The zero-order valence-corrected chi connectivity index (χ0v) is 16.6. The molecule has 2 rings (SSSR count). The van der Waals surface area contributed by atoms with Gasteiger partial charge in [0.15, 0.2) is 6.61 Å². The molecule has 1 aromatic carbocycles. The van der Waals surface area contributed by atoms with Gasteiger partial charge in [-0.15, -0.1) is 0 Å². The average Bonchev–Trinajstić information content (AvgIpc) is 2.51. The van der Waals surface area contributed by atoms with E-state index in [1.807, 2.05) is 20.8 Å². The fourth-order valence-corrected chi connectivity index (χ4v) is 2.89. The summed E-state index contributed by atoms with van der Waals surface area (Å²) >= 11 is 5.60. The summed E-state index contributed by atoms with van der Waals surface area (Å²) in [6.07, 6.45) is 2.88. The predicted molar refractivity (Wildman–Crippen MR) is 100 cm³/mol. The van der Waals surface area contributed by atoms with Crippen molar-refractivity contribution in [1.29, 1.82) is 0 Å². The maximum atomic E-state index is 13.3. The van der Waals surface area contributed by atoms with Crippen LogP contribution in [-0.4, -0.2) is 36.3 Å². The Morgan fingerprint density at radius 2 is 2.00 bits per heavy atom. The van der Waals surface area contributed by atoms with Gasteiger partial charge in [-0.25, -0.2) is 9.18 Å². The lowest BCUT2D eigenvalue weighted by molar-refractivity contribution is -0.123. The topological polar surface area (TPSA) is 76.7 Å². The van der Waals surface area contributed by atoms with Crippen molar-refractivity contribution < 1.29 is 23.5 Å². The molecule has 2 amide bonds. The van der Waals surface area contributed by atoms with E-state index in [2.05, 4.69) is 10.6 Å². The predicted octanol–water partition coefficient (Wildman–Crippen LogP) is 3.81. The van der Waals surface area contributed by atoms with Crippen molar-refractivity contribution in [2.45, 2.75) is 57.6 Å². The van der Waals surface area contributed by atoms with Crippen molar-refractivity contribution in [1.82, 2.24) is 10.6 Å². The number of halogens is 2. The molecular weight excluding hydrogens is 375 g/mol. The number of ether oxygens (including phenoxy) is 2. The Hall–Kier alpha value is -2.02. The summed E-state index contributed by atoms with van der Waals surface area (Å²) in [6, 6.07) is 3.99. The van der Waals surface area contributed by atoms with Gasteiger partial charge in [0.2, 0.25) is 0 Å². The van der Waals surface area contributed by atoms with E-state index in [0.717, 1.165) is 25.3 Å². The van der Waals surface area contributed by atoms with E-state index in [-0.39, 0.29) is 28.8 Å². The van der Waals surface area contributed by atoms with Crippen molar-refractivity contribution in [3.8, 4) is 5.75 Å². The number of carbonyl (C=O) groups is 2. The quantitative estimate of drug-likeness (QED) is 0.729. The minimum Gasteiger partial charge on any atom is -0.484 e.